The van der Waals surface area contributed by atoms with Gasteiger partial charge in [-0.05, 0) is 24.6 Å². The minimum Gasteiger partial charge on any atom is -0.464 e. The standard InChI is InChI=1S/C18H18N2O2/c1-2-22-18(21)17-13-16(14-9-5-3-6-10-14)19-20(17)15-11-7-4-8-12-15/h3-12,17H,2,13H2,1H3/t17-/m1/s1. The summed E-state index contributed by atoms with van der Waals surface area (Å²) in [5.41, 5.74) is 2.84. The van der Waals surface area contributed by atoms with E-state index >= 15 is 0 Å². The third kappa shape index (κ3) is 2.86. The van der Waals surface area contributed by atoms with Gasteiger partial charge in [0.25, 0.3) is 0 Å². The Morgan fingerprint density at radius 1 is 1.14 bits per heavy atom. The van der Waals surface area contributed by atoms with E-state index in [2.05, 4.69) is 5.10 Å². The van der Waals surface area contributed by atoms with Crippen molar-refractivity contribution in [1.29, 1.82) is 0 Å². The molecule has 112 valence electrons. The third-order valence-corrected chi connectivity index (χ3v) is 3.60. The van der Waals surface area contributed by atoms with Crippen molar-refractivity contribution < 1.29 is 9.53 Å². The van der Waals surface area contributed by atoms with E-state index in [1.165, 1.54) is 0 Å². The fraction of sp³-hybridized carbons (Fsp3) is 0.222. The fourth-order valence-electron chi connectivity index (χ4n) is 2.56. The first-order valence-electron chi connectivity index (χ1n) is 7.43. The van der Waals surface area contributed by atoms with Crippen LogP contribution in [0.5, 0.6) is 0 Å². The van der Waals surface area contributed by atoms with E-state index in [1.54, 1.807) is 5.01 Å². The number of ether oxygens (including phenoxy) is 1. The zero-order valence-electron chi connectivity index (χ0n) is 12.5. The Hall–Kier alpha value is -2.62. The van der Waals surface area contributed by atoms with E-state index in [9.17, 15) is 4.79 Å². The van der Waals surface area contributed by atoms with Gasteiger partial charge in [-0.25, -0.2) is 4.79 Å². The molecular formula is C18H18N2O2. The van der Waals surface area contributed by atoms with Crippen LogP contribution in [0, 0.1) is 0 Å². The summed E-state index contributed by atoms with van der Waals surface area (Å²) in [5.74, 6) is -0.235. The van der Waals surface area contributed by atoms with Crippen LogP contribution in [0.4, 0.5) is 5.69 Å². The number of rotatable bonds is 4. The Balaban J connectivity index is 1.94. The summed E-state index contributed by atoms with van der Waals surface area (Å²) in [6, 6.07) is 19.2. The van der Waals surface area contributed by atoms with Gasteiger partial charge in [-0.2, -0.15) is 5.10 Å². The Kier molecular flexibility index (Phi) is 4.19. The number of hydrogen-bond acceptors (Lipinski definition) is 4. The second-order valence-corrected chi connectivity index (χ2v) is 5.06. The van der Waals surface area contributed by atoms with Crippen LogP contribution in [0.1, 0.15) is 18.9 Å². The third-order valence-electron chi connectivity index (χ3n) is 3.60. The summed E-state index contributed by atoms with van der Waals surface area (Å²) < 4.78 is 5.21. The molecular weight excluding hydrogens is 276 g/mol. The average Bonchev–Trinajstić information content (AvgIpc) is 3.02. The molecule has 0 fully saturated rings. The smallest absolute Gasteiger partial charge is 0.331 e. The summed E-state index contributed by atoms with van der Waals surface area (Å²) in [7, 11) is 0. The van der Waals surface area contributed by atoms with Gasteiger partial charge in [0.2, 0.25) is 0 Å². The molecule has 0 saturated carbocycles. The van der Waals surface area contributed by atoms with Crippen molar-refractivity contribution in [1.82, 2.24) is 0 Å². The summed E-state index contributed by atoms with van der Waals surface area (Å²) >= 11 is 0. The van der Waals surface area contributed by atoms with E-state index in [1.807, 2.05) is 67.6 Å². The molecule has 0 bridgehead atoms. The van der Waals surface area contributed by atoms with Crippen molar-refractivity contribution in [3.05, 3.63) is 66.2 Å². The molecule has 1 heterocycles. The molecule has 3 rings (SSSR count). The van der Waals surface area contributed by atoms with E-state index < -0.39 is 6.04 Å². The van der Waals surface area contributed by atoms with Gasteiger partial charge >= 0.3 is 5.97 Å². The molecule has 0 N–H and O–H groups in total. The molecule has 1 atom stereocenters. The Labute approximate surface area is 130 Å². The lowest BCUT2D eigenvalue weighted by Gasteiger charge is -2.21. The van der Waals surface area contributed by atoms with Gasteiger partial charge in [-0.3, -0.25) is 5.01 Å². The minimum atomic E-state index is -0.405. The van der Waals surface area contributed by atoms with Gasteiger partial charge < -0.3 is 4.74 Å². The number of carbonyl (C=O) groups is 1. The number of anilines is 1. The molecule has 0 saturated heterocycles. The highest BCUT2D eigenvalue weighted by atomic mass is 16.5. The highest BCUT2D eigenvalue weighted by Crippen LogP contribution is 2.27. The van der Waals surface area contributed by atoms with Crippen molar-refractivity contribution in [2.75, 3.05) is 11.6 Å². The van der Waals surface area contributed by atoms with Gasteiger partial charge in [0.05, 0.1) is 18.0 Å². The van der Waals surface area contributed by atoms with Crippen LogP contribution in [0.15, 0.2) is 65.8 Å². The number of hydrogen-bond donors (Lipinski definition) is 0. The Bertz CT molecular complexity index is 668. The van der Waals surface area contributed by atoms with Gasteiger partial charge in [0.1, 0.15) is 0 Å². The molecule has 0 radical (unpaired) electrons. The SMILES string of the molecule is CCOC(=O)[C@H]1CC(c2ccccc2)=NN1c1ccccc1. The zero-order valence-corrected chi connectivity index (χ0v) is 12.5. The first-order chi connectivity index (χ1) is 10.8. The fourth-order valence-corrected chi connectivity index (χ4v) is 2.56. The van der Waals surface area contributed by atoms with Crippen LogP contribution in [0.25, 0.3) is 0 Å². The molecule has 2 aromatic rings. The number of para-hydroxylation sites is 1. The monoisotopic (exact) mass is 294 g/mol. The highest BCUT2D eigenvalue weighted by Gasteiger charge is 2.35. The van der Waals surface area contributed by atoms with Crippen LogP contribution in [0.2, 0.25) is 0 Å². The van der Waals surface area contributed by atoms with Crippen LogP contribution in [0.3, 0.4) is 0 Å². The second kappa shape index (κ2) is 6.43. The predicted octanol–water partition coefficient (Wildman–Crippen LogP) is 3.23. The van der Waals surface area contributed by atoms with Gasteiger partial charge in [-0.15, -0.1) is 0 Å². The molecule has 22 heavy (non-hydrogen) atoms. The lowest BCUT2D eigenvalue weighted by atomic mass is 10.0. The molecule has 0 aromatic heterocycles. The minimum absolute atomic E-state index is 0.235. The summed E-state index contributed by atoms with van der Waals surface area (Å²) in [4.78, 5) is 12.3. The number of esters is 1. The highest BCUT2D eigenvalue weighted by molar-refractivity contribution is 6.06. The molecule has 0 unspecified atom stereocenters. The van der Waals surface area contributed by atoms with Crippen LogP contribution in [-0.4, -0.2) is 24.3 Å². The molecule has 0 spiro atoms. The van der Waals surface area contributed by atoms with Crippen LogP contribution >= 0.6 is 0 Å². The second-order valence-electron chi connectivity index (χ2n) is 5.06. The summed E-state index contributed by atoms with van der Waals surface area (Å²) in [6.07, 6.45) is 0.553. The predicted molar refractivity (Wildman–Crippen MR) is 86.9 cm³/mol. The normalized spacial score (nSPS) is 17.2. The topological polar surface area (TPSA) is 41.9 Å². The van der Waals surface area contributed by atoms with Gasteiger partial charge in [0, 0.05) is 6.42 Å². The van der Waals surface area contributed by atoms with Gasteiger partial charge in [-0.1, -0.05) is 48.5 Å². The lowest BCUT2D eigenvalue weighted by Crippen LogP contribution is -2.35. The molecule has 0 amide bonds. The lowest BCUT2D eigenvalue weighted by molar-refractivity contribution is -0.144. The molecule has 2 aromatic carbocycles. The first-order valence-corrected chi connectivity index (χ1v) is 7.43. The van der Waals surface area contributed by atoms with Crippen LogP contribution < -0.4 is 5.01 Å². The quantitative estimate of drug-likeness (QED) is 0.813. The number of hydrazone groups is 1. The van der Waals surface area contributed by atoms with E-state index in [4.69, 9.17) is 4.74 Å². The number of nitrogens with zero attached hydrogens (tertiary/aromatic N) is 2. The summed E-state index contributed by atoms with van der Waals surface area (Å²) in [5, 5.41) is 6.43. The Morgan fingerprint density at radius 3 is 2.41 bits per heavy atom. The number of carbonyl (C=O) groups excluding carboxylic acids is 1. The molecule has 0 aliphatic carbocycles. The summed E-state index contributed by atoms with van der Waals surface area (Å²) in [6.45, 7) is 2.19. The van der Waals surface area contributed by atoms with E-state index in [0.29, 0.717) is 13.0 Å². The maximum Gasteiger partial charge on any atom is 0.331 e. The first kappa shape index (κ1) is 14.3. The number of benzene rings is 2. The van der Waals surface area contributed by atoms with E-state index in [0.717, 1.165) is 17.0 Å². The average molecular weight is 294 g/mol. The molecule has 1 aliphatic rings. The van der Waals surface area contributed by atoms with Crippen molar-refractivity contribution in [3.63, 3.8) is 0 Å². The maximum absolute atomic E-state index is 12.3. The van der Waals surface area contributed by atoms with Crippen molar-refractivity contribution in [2.24, 2.45) is 5.10 Å². The largest absolute Gasteiger partial charge is 0.464 e. The van der Waals surface area contributed by atoms with Crippen molar-refractivity contribution in [2.45, 2.75) is 19.4 Å². The zero-order chi connectivity index (χ0) is 15.4. The maximum atomic E-state index is 12.3. The molecule has 1 aliphatic heterocycles. The van der Waals surface area contributed by atoms with Crippen LogP contribution in [-0.2, 0) is 9.53 Å². The van der Waals surface area contributed by atoms with E-state index in [-0.39, 0.29) is 5.97 Å². The Morgan fingerprint density at radius 2 is 1.77 bits per heavy atom. The van der Waals surface area contributed by atoms with Crippen molar-refractivity contribution in [3.8, 4) is 0 Å². The molecule has 4 heteroatoms. The molecule has 4 nitrogen and oxygen atoms in total. The van der Waals surface area contributed by atoms with Crippen molar-refractivity contribution >= 4 is 17.4 Å². The van der Waals surface area contributed by atoms with Gasteiger partial charge in [0.15, 0.2) is 6.04 Å².